The molecule has 0 amide bonds. The molecule has 2 atom stereocenters. The molecule has 3 heteroatoms. The van der Waals surface area contributed by atoms with E-state index >= 15 is 0 Å². The first-order chi connectivity index (χ1) is 8.08. The molecule has 0 bridgehead atoms. The van der Waals surface area contributed by atoms with Crippen LogP contribution in [0.3, 0.4) is 0 Å². The first-order valence-corrected chi connectivity index (χ1v) is 6.59. The number of nitrogens with one attached hydrogen (secondary N) is 1. The minimum Gasteiger partial charge on any atom is -0.465 e. The van der Waals surface area contributed by atoms with Crippen LogP contribution in [0.15, 0.2) is 16.5 Å². The molecule has 0 radical (unpaired) electrons. The second-order valence-corrected chi connectivity index (χ2v) is 5.32. The van der Waals surface area contributed by atoms with Crippen molar-refractivity contribution >= 4 is 0 Å². The van der Waals surface area contributed by atoms with Crippen LogP contribution in [0.5, 0.6) is 0 Å². The van der Waals surface area contributed by atoms with Gasteiger partial charge in [-0.15, -0.1) is 0 Å². The summed E-state index contributed by atoms with van der Waals surface area (Å²) in [5, 5.41) is 3.54. The molecule has 0 aromatic carbocycles. The lowest BCUT2D eigenvalue weighted by atomic mass is 10.2. The summed E-state index contributed by atoms with van der Waals surface area (Å²) in [7, 11) is 2.23. The molecule has 1 aromatic heterocycles. The third-order valence-corrected chi connectivity index (χ3v) is 3.73. The van der Waals surface area contributed by atoms with E-state index in [0.29, 0.717) is 12.1 Å². The van der Waals surface area contributed by atoms with Crippen LogP contribution < -0.4 is 5.32 Å². The fourth-order valence-corrected chi connectivity index (χ4v) is 2.12. The lowest BCUT2D eigenvalue weighted by Gasteiger charge is -2.26. The fraction of sp³-hybridized carbons (Fsp3) is 0.714. The zero-order valence-electron chi connectivity index (χ0n) is 11.4. The van der Waals surface area contributed by atoms with Gasteiger partial charge in [0.25, 0.3) is 0 Å². The topological polar surface area (TPSA) is 28.4 Å². The molecule has 2 unspecified atom stereocenters. The Kier molecular flexibility index (Phi) is 3.89. The summed E-state index contributed by atoms with van der Waals surface area (Å²) in [5.41, 5.74) is 0. The minimum absolute atomic E-state index is 0.291. The maximum Gasteiger partial charge on any atom is 0.120 e. The third kappa shape index (κ3) is 3.33. The summed E-state index contributed by atoms with van der Waals surface area (Å²) >= 11 is 0. The van der Waals surface area contributed by atoms with Gasteiger partial charge in [0.15, 0.2) is 0 Å². The number of aryl methyl sites for hydroxylation is 1. The highest BCUT2D eigenvalue weighted by Crippen LogP contribution is 2.26. The van der Waals surface area contributed by atoms with Crippen LogP contribution in [-0.4, -0.2) is 30.6 Å². The van der Waals surface area contributed by atoms with E-state index in [0.717, 1.165) is 24.1 Å². The Morgan fingerprint density at radius 3 is 2.65 bits per heavy atom. The SMILES string of the molecule is Cc1ccc(C(C)NCC(C)N(C)C2CC2)o1. The van der Waals surface area contributed by atoms with Crippen LogP contribution in [0, 0.1) is 6.92 Å². The van der Waals surface area contributed by atoms with Gasteiger partial charge in [-0.1, -0.05) is 0 Å². The van der Waals surface area contributed by atoms with Crippen LogP contribution in [0.1, 0.15) is 44.3 Å². The maximum absolute atomic E-state index is 5.62. The largest absolute Gasteiger partial charge is 0.465 e. The van der Waals surface area contributed by atoms with Crippen molar-refractivity contribution in [3.05, 3.63) is 23.7 Å². The molecular formula is C14H24N2O. The highest BCUT2D eigenvalue weighted by atomic mass is 16.3. The molecule has 1 fully saturated rings. The molecule has 1 saturated carbocycles. The predicted octanol–water partition coefficient (Wildman–Crippen LogP) is 2.72. The van der Waals surface area contributed by atoms with E-state index < -0.39 is 0 Å². The summed E-state index contributed by atoms with van der Waals surface area (Å²) in [4.78, 5) is 2.48. The summed E-state index contributed by atoms with van der Waals surface area (Å²) < 4.78 is 5.62. The number of rotatable bonds is 6. The van der Waals surface area contributed by atoms with Gasteiger partial charge in [-0.25, -0.2) is 0 Å². The van der Waals surface area contributed by atoms with Crippen molar-refractivity contribution in [2.24, 2.45) is 0 Å². The molecule has 1 aliphatic carbocycles. The molecule has 17 heavy (non-hydrogen) atoms. The zero-order chi connectivity index (χ0) is 12.4. The van der Waals surface area contributed by atoms with E-state index in [1.54, 1.807) is 0 Å². The second kappa shape index (κ2) is 5.23. The van der Waals surface area contributed by atoms with Crippen molar-refractivity contribution in [3.63, 3.8) is 0 Å². The standard InChI is InChI=1S/C14H24N2O/c1-10(16(4)13-6-7-13)9-15-12(3)14-8-5-11(2)17-14/h5,8,10,12-13,15H,6-7,9H2,1-4H3. The van der Waals surface area contributed by atoms with E-state index in [4.69, 9.17) is 4.42 Å². The first-order valence-electron chi connectivity index (χ1n) is 6.59. The van der Waals surface area contributed by atoms with Crippen LogP contribution in [-0.2, 0) is 0 Å². The van der Waals surface area contributed by atoms with Crippen molar-refractivity contribution in [1.82, 2.24) is 10.2 Å². The number of likely N-dealkylation sites (N-methyl/N-ethyl adjacent to an activating group) is 1. The molecule has 0 spiro atoms. The fourth-order valence-electron chi connectivity index (χ4n) is 2.12. The van der Waals surface area contributed by atoms with Gasteiger partial charge in [-0.05, 0) is 52.8 Å². The molecule has 96 valence electrons. The van der Waals surface area contributed by atoms with E-state index in [9.17, 15) is 0 Å². The van der Waals surface area contributed by atoms with E-state index in [2.05, 4.69) is 37.2 Å². The molecule has 0 aliphatic heterocycles. The molecular weight excluding hydrogens is 212 g/mol. The van der Waals surface area contributed by atoms with Crippen molar-refractivity contribution in [3.8, 4) is 0 Å². The first kappa shape index (κ1) is 12.7. The molecule has 2 rings (SSSR count). The van der Waals surface area contributed by atoms with E-state index in [1.165, 1.54) is 12.8 Å². The Morgan fingerprint density at radius 1 is 1.41 bits per heavy atom. The van der Waals surface area contributed by atoms with Crippen molar-refractivity contribution in [1.29, 1.82) is 0 Å². The van der Waals surface area contributed by atoms with Crippen molar-refractivity contribution in [2.75, 3.05) is 13.6 Å². The smallest absolute Gasteiger partial charge is 0.120 e. The Morgan fingerprint density at radius 2 is 2.12 bits per heavy atom. The zero-order valence-corrected chi connectivity index (χ0v) is 11.4. The lowest BCUT2D eigenvalue weighted by Crippen LogP contribution is -2.39. The molecule has 3 nitrogen and oxygen atoms in total. The average molecular weight is 236 g/mol. The van der Waals surface area contributed by atoms with Crippen LogP contribution in [0.25, 0.3) is 0 Å². The van der Waals surface area contributed by atoms with Gasteiger partial charge in [0.1, 0.15) is 11.5 Å². The van der Waals surface area contributed by atoms with Gasteiger partial charge in [0, 0.05) is 18.6 Å². The van der Waals surface area contributed by atoms with E-state index in [1.807, 2.05) is 13.0 Å². The molecule has 0 saturated heterocycles. The highest BCUT2D eigenvalue weighted by Gasteiger charge is 2.29. The average Bonchev–Trinajstić information content (AvgIpc) is 3.07. The number of nitrogens with zero attached hydrogens (tertiary/aromatic N) is 1. The van der Waals surface area contributed by atoms with Gasteiger partial charge in [-0.2, -0.15) is 0 Å². The quantitative estimate of drug-likeness (QED) is 0.823. The molecule has 1 heterocycles. The normalized spacial score (nSPS) is 19.6. The predicted molar refractivity (Wildman–Crippen MR) is 70.1 cm³/mol. The summed E-state index contributed by atoms with van der Waals surface area (Å²) in [6, 6.07) is 5.78. The highest BCUT2D eigenvalue weighted by molar-refractivity contribution is 5.08. The molecule has 1 N–H and O–H groups in total. The van der Waals surface area contributed by atoms with Crippen molar-refractivity contribution in [2.45, 2.75) is 51.7 Å². The van der Waals surface area contributed by atoms with Gasteiger partial charge < -0.3 is 9.73 Å². The second-order valence-electron chi connectivity index (χ2n) is 5.32. The summed E-state index contributed by atoms with van der Waals surface area (Å²) in [5.74, 6) is 2.01. The Hall–Kier alpha value is -0.800. The number of hydrogen-bond donors (Lipinski definition) is 1. The number of hydrogen-bond acceptors (Lipinski definition) is 3. The number of furan rings is 1. The van der Waals surface area contributed by atoms with Gasteiger partial charge in [0.05, 0.1) is 6.04 Å². The Labute approximate surface area is 104 Å². The van der Waals surface area contributed by atoms with Gasteiger partial charge in [-0.3, -0.25) is 4.90 Å². The minimum atomic E-state index is 0.291. The maximum atomic E-state index is 5.62. The monoisotopic (exact) mass is 236 g/mol. The molecule has 1 aliphatic rings. The summed E-state index contributed by atoms with van der Waals surface area (Å²) in [6.07, 6.45) is 2.74. The van der Waals surface area contributed by atoms with Crippen LogP contribution in [0.4, 0.5) is 0 Å². The summed E-state index contributed by atoms with van der Waals surface area (Å²) in [6.45, 7) is 7.43. The van der Waals surface area contributed by atoms with Gasteiger partial charge in [0.2, 0.25) is 0 Å². The third-order valence-electron chi connectivity index (χ3n) is 3.73. The van der Waals surface area contributed by atoms with E-state index in [-0.39, 0.29) is 0 Å². The Balaban J connectivity index is 1.77. The molecule has 1 aromatic rings. The lowest BCUT2D eigenvalue weighted by molar-refractivity contribution is 0.234. The van der Waals surface area contributed by atoms with Gasteiger partial charge >= 0.3 is 0 Å². The Bertz CT molecular complexity index is 357. The van der Waals surface area contributed by atoms with Crippen LogP contribution >= 0.6 is 0 Å². The van der Waals surface area contributed by atoms with Crippen molar-refractivity contribution < 1.29 is 4.42 Å². The van der Waals surface area contributed by atoms with Crippen LogP contribution in [0.2, 0.25) is 0 Å².